The summed E-state index contributed by atoms with van der Waals surface area (Å²) in [5, 5.41) is 3.57. The van der Waals surface area contributed by atoms with E-state index >= 15 is 0 Å². The van der Waals surface area contributed by atoms with Crippen LogP contribution in [0.25, 0.3) is 0 Å². The molecule has 0 heterocycles. The molecule has 2 rings (SSSR count). The first kappa shape index (κ1) is 14.9. The summed E-state index contributed by atoms with van der Waals surface area (Å²) in [6.07, 6.45) is 0. The van der Waals surface area contributed by atoms with Crippen molar-refractivity contribution in [1.82, 2.24) is 0 Å². The quantitative estimate of drug-likeness (QED) is 0.825. The second-order valence-electron chi connectivity index (χ2n) is 5.08. The third kappa shape index (κ3) is 3.34. The van der Waals surface area contributed by atoms with Gasteiger partial charge in [-0.2, -0.15) is 0 Å². The highest BCUT2D eigenvalue weighted by molar-refractivity contribution is 9.10. The molecule has 1 atom stereocenters. The highest BCUT2D eigenvalue weighted by Crippen LogP contribution is 2.31. The van der Waals surface area contributed by atoms with Gasteiger partial charge in [0.2, 0.25) is 0 Å². The summed E-state index contributed by atoms with van der Waals surface area (Å²) >= 11 is 3.64. The van der Waals surface area contributed by atoms with Crippen molar-refractivity contribution < 1.29 is 4.74 Å². The SMILES string of the molecule is COc1ccc(C(C)Nc2c(C)cc(C)cc2Br)cc1. The minimum Gasteiger partial charge on any atom is -0.497 e. The maximum absolute atomic E-state index is 5.19. The van der Waals surface area contributed by atoms with Crippen LogP contribution in [0.5, 0.6) is 5.75 Å². The van der Waals surface area contributed by atoms with Gasteiger partial charge in [-0.3, -0.25) is 0 Å². The van der Waals surface area contributed by atoms with Crippen LogP contribution >= 0.6 is 15.9 Å². The topological polar surface area (TPSA) is 21.3 Å². The lowest BCUT2D eigenvalue weighted by molar-refractivity contribution is 0.414. The normalized spacial score (nSPS) is 12.1. The zero-order chi connectivity index (χ0) is 14.7. The predicted molar refractivity (Wildman–Crippen MR) is 88.6 cm³/mol. The number of nitrogens with one attached hydrogen (secondary N) is 1. The molecular weight excluding hydrogens is 314 g/mol. The molecule has 0 fully saturated rings. The molecule has 1 unspecified atom stereocenters. The fourth-order valence-electron chi connectivity index (χ4n) is 2.29. The Kier molecular flexibility index (Phi) is 4.71. The highest BCUT2D eigenvalue weighted by atomic mass is 79.9. The molecule has 0 aromatic heterocycles. The Hall–Kier alpha value is -1.48. The van der Waals surface area contributed by atoms with Crippen molar-refractivity contribution in [2.45, 2.75) is 26.8 Å². The highest BCUT2D eigenvalue weighted by Gasteiger charge is 2.10. The lowest BCUT2D eigenvalue weighted by atomic mass is 10.1. The first-order chi connectivity index (χ1) is 9.51. The van der Waals surface area contributed by atoms with Crippen LogP contribution in [-0.2, 0) is 0 Å². The first-order valence-electron chi connectivity index (χ1n) is 6.68. The minimum absolute atomic E-state index is 0.235. The largest absolute Gasteiger partial charge is 0.497 e. The molecule has 2 aromatic rings. The van der Waals surface area contributed by atoms with Crippen molar-refractivity contribution in [3.8, 4) is 5.75 Å². The summed E-state index contributed by atoms with van der Waals surface area (Å²) in [6, 6.07) is 12.7. The summed E-state index contributed by atoms with van der Waals surface area (Å²) in [5.41, 5.74) is 4.89. The molecule has 0 saturated heterocycles. The lowest BCUT2D eigenvalue weighted by Crippen LogP contribution is -2.08. The van der Waals surface area contributed by atoms with Crippen molar-refractivity contribution >= 4 is 21.6 Å². The standard InChI is InChI=1S/C17H20BrNO/c1-11-9-12(2)17(16(18)10-11)19-13(3)14-5-7-15(20-4)8-6-14/h5-10,13,19H,1-4H3. The second kappa shape index (κ2) is 6.31. The van der Waals surface area contributed by atoms with Crippen molar-refractivity contribution in [3.63, 3.8) is 0 Å². The van der Waals surface area contributed by atoms with Crippen LogP contribution in [0.4, 0.5) is 5.69 Å². The maximum atomic E-state index is 5.19. The number of hydrogen-bond donors (Lipinski definition) is 1. The van der Waals surface area contributed by atoms with Crippen molar-refractivity contribution in [3.05, 3.63) is 57.6 Å². The number of ether oxygens (including phenoxy) is 1. The second-order valence-corrected chi connectivity index (χ2v) is 5.93. The van der Waals surface area contributed by atoms with E-state index in [1.165, 1.54) is 16.7 Å². The molecule has 0 saturated carbocycles. The number of aryl methyl sites for hydroxylation is 2. The number of anilines is 1. The summed E-state index contributed by atoms with van der Waals surface area (Å²) in [5.74, 6) is 0.883. The zero-order valence-corrected chi connectivity index (χ0v) is 13.9. The van der Waals surface area contributed by atoms with E-state index in [-0.39, 0.29) is 6.04 Å². The smallest absolute Gasteiger partial charge is 0.118 e. The summed E-state index contributed by atoms with van der Waals surface area (Å²) in [7, 11) is 1.68. The lowest BCUT2D eigenvalue weighted by Gasteiger charge is -2.19. The van der Waals surface area contributed by atoms with Crippen molar-refractivity contribution in [1.29, 1.82) is 0 Å². The molecular formula is C17H20BrNO. The molecule has 2 nitrogen and oxygen atoms in total. The Morgan fingerprint density at radius 3 is 2.30 bits per heavy atom. The molecule has 0 aliphatic heterocycles. The molecule has 20 heavy (non-hydrogen) atoms. The van der Waals surface area contributed by atoms with Gasteiger partial charge in [-0.1, -0.05) is 18.2 Å². The van der Waals surface area contributed by atoms with Crippen LogP contribution in [0.3, 0.4) is 0 Å². The summed E-state index contributed by atoms with van der Waals surface area (Å²) in [4.78, 5) is 0. The molecule has 0 aliphatic carbocycles. The van der Waals surface area contributed by atoms with Crippen LogP contribution in [0.2, 0.25) is 0 Å². The Balaban J connectivity index is 2.20. The number of rotatable bonds is 4. The molecule has 0 bridgehead atoms. The van der Waals surface area contributed by atoms with Gasteiger partial charge < -0.3 is 10.1 Å². The van der Waals surface area contributed by atoms with Crippen LogP contribution in [0.15, 0.2) is 40.9 Å². The molecule has 0 spiro atoms. The van der Waals surface area contributed by atoms with Crippen LogP contribution in [0, 0.1) is 13.8 Å². The molecule has 106 valence electrons. The fourth-order valence-corrected chi connectivity index (χ4v) is 3.08. The Morgan fingerprint density at radius 2 is 1.75 bits per heavy atom. The molecule has 0 amide bonds. The fraction of sp³-hybridized carbons (Fsp3) is 0.294. The first-order valence-corrected chi connectivity index (χ1v) is 7.48. The van der Waals surface area contributed by atoms with Gasteiger partial charge in [0.05, 0.1) is 12.8 Å². The number of hydrogen-bond acceptors (Lipinski definition) is 2. The van der Waals surface area contributed by atoms with Gasteiger partial charge in [0.1, 0.15) is 5.75 Å². The summed E-state index contributed by atoms with van der Waals surface area (Å²) in [6.45, 7) is 6.39. The van der Waals surface area contributed by atoms with Gasteiger partial charge in [-0.15, -0.1) is 0 Å². The summed E-state index contributed by atoms with van der Waals surface area (Å²) < 4.78 is 6.30. The molecule has 0 radical (unpaired) electrons. The van der Waals surface area contributed by atoms with Crippen molar-refractivity contribution in [2.75, 3.05) is 12.4 Å². The third-order valence-corrected chi connectivity index (χ3v) is 4.03. The minimum atomic E-state index is 0.235. The molecule has 1 N–H and O–H groups in total. The van der Waals surface area contributed by atoms with Crippen LogP contribution < -0.4 is 10.1 Å². The average molecular weight is 334 g/mol. The molecule has 0 aliphatic rings. The van der Waals surface area contributed by atoms with Gasteiger partial charge in [0, 0.05) is 10.5 Å². The average Bonchev–Trinajstić information content (AvgIpc) is 2.42. The van der Waals surface area contributed by atoms with Gasteiger partial charge in [-0.05, 0) is 71.6 Å². The number of halogens is 1. The number of benzene rings is 2. The van der Waals surface area contributed by atoms with Crippen LogP contribution in [-0.4, -0.2) is 7.11 Å². The Morgan fingerprint density at radius 1 is 1.10 bits per heavy atom. The van der Waals surface area contributed by atoms with E-state index in [4.69, 9.17) is 4.74 Å². The van der Waals surface area contributed by atoms with E-state index in [0.717, 1.165) is 15.9 Å². The van der Waals surface area contributed by atoms with Crippen molar-refractivity contribution in [2.24, 2.45) is 0 Å². The van der Waals surface area contributed by atoms with E-state index in [9.17, 15) is 0 Å². The zero-order valence-electron chi connectivity index (χ0n) is 12.3. The Labute approximate surface area is 129 Å². The Bertz CT molecular complexity index is 569. The van der Waals surface area contributed by atoms with E-state index in [1.807, 2.05) is 12.1 Å². The maximum Gasteiger partial charge on any atom is 0.118 e. The van der Waals surface area contributed by atoms with E-state index in [0.29, 0.717) is 0 Å². The van der Waals surface area contributed by atoms with Gasteiger partial charge in [-0.25, -0.2) is 0 Å². The van der Waals surface area contributed by atoms with Gasteiger partial charge >= 0.3 is 0 Å². The molecule has 2 aromatic carbocycles. The van der Waals surface area contributed by atoms with E-state index in [1.54, 1.807) is 7.11 Å². The van der Waals surface area contributed by atoms with Crippen LogP contribution in [0.1, 0.15) is 29.7 Å². The van der Waals surface area contributed by atoms with E-state index < -0.39 is 0 Å². The monoisotopic (exact) mass is 333 g/mol. The molecule has 3 heteroatoms. The predicted octanol–water partition coefficient (Wildman–Crippen LogP) is 5.25. The van der Waals surface area contributed by atoms with Gasteiger partial charge in [0.25, 0.3) is 0 Å². The third-order valence-electron chi connectivity index (χ3n) is 3.41. The van der Waals surface area contributed by atoms with Gasteiger partial charge in [0.15, 0.2) is 0 Å². The van der Waals surface area contributed by atoms with E-state index in [2.05, 4.69) is 66.3 Å². The number of methoxy groups -OCH3 is 1.